The molecule has 5 heteroatoms. The van der Waals surface area contributed by atoms with Crippen LogP contribution in [0.5, 0.6) is 5.75 Å². The van der Waals surface area contributed by atoms with Crippen LogP contribution in [0.25, 0.3) is 0 Å². The molecule has 0 amide bonds. The molecular weight excluding hydrogens is 230 g/mol. The predicted molar refractivity (Wildman–Crippen MR) is 67.9 cm³/mol. The third-order valence-corrected chi connectivity index (χ3v) is 2.65. The van der Waals surface area contributed by atoms with E-state index in [0.29, 0.717) is 5.90 Å². The van der Waals surface area contributed by atoms with Crippen LogP contribution in [0.4, 0.5) is 5.69 Å². The number of hydrogen-bond acceptors (Lipinski definition) is 3. The van der Waals surface area contributed by atoms with Crippen molar-refractivity contribution in [2.45, 2.75) is 0 Å². The van der Waals surface area contributed by atoms with Crippen LogP contribution in [0.2, 0.25) is 0 Å². The Morgan fingerprint density at radius 3 is 2.50 bits per heavy atom. The molecule has 0 radical (unpaired) electrons. The Morgan fingerprint density at radius 2 is 2.00 bits per heavy atom. The first-order chi connectivity index (χ1) is 8.61. The Labute approximate surface area is 106 Å². The number of aliphatic imine (C=N–C) groups is 1. The van der Waals surface area contributed by atoms with Gasteiger partial charge in [0.05, 0.1) is 26.9 Å². The summed E-state index contributed by atoms with van der Waals surface area (Å²) in [6.07, 6.45) is 3.86. The van der Waals surface area contributed by atoms with Crippen LogP contribution in [0.3, 0.4) is 0 Å². The van der Waals surface area contributed by atoms with E-state index in [1.807, 2.05) is 35.6 Å². The smallest absolute Gasteiger partial charge is 0.344 e. The molecular formula is C13H16N3O2+. The number of imidazole rings is 1. The summed E-state index contributed by atoms with van der Waals surface area (Å²) in [5, 5.41) is 9.23. The number of rotatable bonds is 2. The van der Waals surface area contributed by atoms with Crippen molar-refractivity contribution in [2.75, 3.05) is 7.11 Å². The first-order valence-electron chi connectivity index (χ1n) is 5.55. The lowest BCUT2D eigenvalue weighted by molar-refractivity contribution is -0.672. The molecule has 0 spiro atoms. The lowest BCUT2D eigenvalue weighted by atomic mass is 10.3. The van der Waals surface area contributed by atoms with Crippen LogP contribution in [0.15, 0.2) is 41.7 Å². The van der Waals surface area contributed by atoms with Gasteiger partial charge < -0.3 is 9.84 Å². The summed E-state index contributed by atoms with van der Waals surface area (Å²) < 4.78 is 9.20. The Morgan fingerprint density at radius 1 is 1.33 bits per heavy atom. The van der Waals surface area contributed by atoms with E-state index in [1.165, 1.54) is 0 Å². The molecule has 1 N–H and O–H groups in total. The first-order valence-corrected chi connectivity index (χ1v) is 5.55. The third kappa shape index (κ3) is 2.34. The summed E-state index contributed by atoms with van der Waals surface area (Å²) in [4.78, 5) is 4.42. The summed E-state index contributed by atoms with van der Waals surface area (Å²) in [6, 6.07) is 6.66. The second-order valence-corrected chi connectivity index (χ2v) is 3.98. The number of aromatic nitrogens is 2. The highest BCUT2D eigenvalue weighted by molar-refractivity contribution is 5.91. The third-order valence-electron chi connectivity index (χ3n) is 2.65. The van der Waals surface area contributed by atoms with Crippen LogP contribution in [0, 0.1) is 0 Å². The molecule has 1 aromatic heterocycles. The lowest BCUT2D eigenvalue weighted by Gasteiger charge is -2.02. The molecule has 2 aromatic rings. The molecule has 0 atom stereocenters. The average molecular weight is 246 g/mol. The summed E-state index contributed by atoms with van der Waals surface area (Å²) in [5.41, 5.74) is 0.728. The van der Waals surface area contributed by atoms with Crippen molar-refractivity contribution < 1.29 is 14.4 Å². The standard InChI is InChI=1S/C13H15N3O2/c1-15-8-9-16(2)13(15)12(18-3)14-10-4-6-11(17)7-5-10/h4-9H,1-3H3/p+1. The van der Waals surface area contributed by atoms with Gasteiger partial charge in [-0.05, 0) is 24.3 Å². The Bertz CT molecular complexity index is 551. The second kappa shape index (κ2) is 4.91. The fraction of sp³-hybridized carbons (Fsp3) is 0.231. The maximum absolute atomic E-state index is 9.23. The van der Waals surface area contributed by atoms with Crippen LogP contribution in [-0.2, 0) is 18.8 Å². The van der Waals surface area contributed by atoms with E-state index in [0.717, 1.165) is 11.5 Å². The van der Waals surface area contributed by atoms with Crippen molar-refractivity contribution in [1.29, 1.82) is 0 Å². The molecule has 94 valence electrons. The zero-order valence-corrected chi connectivity index (χ0v) is 10.7. The Kier molecular flexibility index (Phi) is 3.32. The minimum Gasteiger partial charge on any atom is -0.508 e. The van der Waals surface area contributed by atoms with E-state index in [1.54, 1.807) is 31.4 Å². The molecule has 1 aromatic carbocycles. The molecule has 0 aliphatic carbocycles. The highest BCUT2D eigenvalue weighted by Gasteiger charge is 2.19. The van der Waals surface area contributed by atoms with Gasteiger partial charge in [0.25, 0.3) is 0 Å². The number of phenolic OH excluding ortho intramolecular Hbond substituents is 1. The van der Waals surface area contributed by atoms with Gasteiger partial charge >= 0.3 is 11.7 Å². The van der Waals surface area contributed by atoms with Crippen LogP contribution < -0.4 is 4.57 Å². The Balaban J connectivity index is 2.43. The number of aromatic hydroxyl groups is 1. The zero-order chi connectivity index (χ0) is 13.1. The van der Waals surface area contributed by atoms with Crippen molar-refractivity contribution >= 4 is 11.6 Å². The van der Waals surface area contributed by atoms with Gasteiger partial charge in [-0.1, -0.05) is 0 Å². The molecule has 1 heterocycles. The summed E-state index contributed by atoms with van der Waals surface area (Å²) in [6.45, 7) is 0. The monoisotopic (exact) mass is 246 g/mol. The minimum absolute atomic E-state index is 0.220. The van der Waals surface area contributed by atoms with Crippen molar-refractivity contribution in [3.05, 3.63) is 42.5 Å². The largest absolute Gasteiger partial charge is 0.508 e. The van der Waals surface area contributed by atoms with E-state index >= 15 is 0 Å². The molecule has 0 bridgehead atoms. The summed E-state index contributed by atoms with van der Waals surface area (Å²) in [7, 11) is 5.45. The predicted octanol–water partition coefficient (Wildman–Crippen LogP) is 1.28. The van der Waals surface area contributed by atoms with Gasteiger partial charge in [-0.15, -0.1) is 0 Å². The number of methoxy groups -OCH3 is 1. The van der Waals surface area contributed by atoms with Gasteiger partial charge in [-0.3, -0.25) is 0 Å². The van der Waals surface area contributed by atoms with E-state index < -0.39 is 0 Å². The minimum atomic E-state index is 0.220. The molecule has 0 fully saturated rings. The van der Waals surface area contributed by atoms with Gasteiger partial charge in [-0.25, -0.2) is 14.1 Å². The van der Waals surface area contributed by atoms with Crippen molar-refractivity contribution in [3.8, 4) is 5.75 Å². The molecule has 2 rings (SSSR count). The number of nitrogens with zero attached hydrogens (tertiary/aromatic N) is 3. The topological polar surface area (TPSA) is 50.6 Å². The van der Waals surface area contributed by atoms with Gasteiger partial charge in [0.2, 0.25) is 0 Å². The normalized spacial score (nSPS) is 11.6. The number of aryl methyl sites for hydroxylation is 2. The molecule has 0 unspecified atom stereocenters. The van der Waals surface area contributed by atoms with E-state index in [4.69, 9.17) is 4.74 Å². The number of benzene rings is 1. The maximum atomic E-state index is 9.23. The van der Waals surface area contributed by atoms with Gasteiger partial charge in [0.15, 0.2) is 0 Å². The van der Waals surface area contributed by atoms with Crippen LogP contribution in [-0.4, -0.2) is 22.7 Å². The van der Waals surface area contributed by atoms with Crippen molar-refractivity contribution in [3.63, 3.8) is 0 Å². The first kappa shape index (κ1) is 12.2. The van der Waals surface area contributed by atoms with Gasteiger partial charge in [-0.2, -0.15) is 0 Å². The SMILES string of the molecule is CO/C(=N\c1ccc(O)cc1)c1n(C)cc[n+]1C. The summed E-state index contributed by atoms with van der Waals surface area (Å²) in [5.74, 6) is 1.61. The molecule has 5 nitrogen and oxygen atoms in total. The quantitative estimate of drug-likeness (QED) is 0.493. The lowest BCUT2D eigenvalue weighted by Crippen LogP contribution is -2.35. The van der Waals surface area contributed by atoms with E-state index in [-0.39, 0.29) is 5.75 Å². The second-order valence-electron chi connectivity index (χ2n) is 3.98. The number of phenols is 1. The highest BCUT2D eigenvalue weighted by atomic mass is 16.5. The van der Waals surface area contributed by atoms with E-state index in [2.05, 4.69) is 4.99 Å². The molecule has 0 saturated heterocycles. The van der Waals surface area contributed by atoms with Gasteiger partial charge in [0.1, 0.15) is 18.1 Å². The average Bonchev–Trinajstić information content (AvgIpc) is 2.69. The highest BCUT2D eigenvalue weighted by Crippen LogP contribution is 2.17. The Hall–Kier alpha value is -2.30. The molecule has 0 saturated carbocycles. The van der Waals surface area contributed by atoms with Crippen molar-refractivity contribution in [1.82, 2.24) is 4.57 Å². The van der Waals surface area contributed by atoms with Crippen LogP contribution in [0.1, 0.15) is 5.82 Å². The molecule has 0 aliphatic rings. The number of hydrogen-bond donors (Lipinski definition) is 1. The fourth-order valence-corrected chi connectivity index (χ4v) is 1.72. The molecule has 0 aliphatic heterocycles. The fourth-order valence-electron chi connectivity index (χ4n) is 1.72. The summed E-state index contributed by atoms with van der Waals surface area (Å²) >= 11 is 0. The van der Waals surface area contributed by atoms with Crippen LogP contribution >= 0.6 is 0 Å². The zero-order valence-electron chi connectivity index (χ0n) is 10.7. The maximum Gasteiger partial charge on any atom is 0.344 e. The van der Waals surface area contributed by atoms with Crippen molar-refractivity contribution in [2.24, 2.45) is 19.1 Å². The molecule has 18 heavy (non-hydrogen) atoms. The number of ether oxygens (including phenoxy) is 1. The van der Waals surface area contributed by atoms with Gasteiger partial charge in [0, 0.05) is 0 Å². The van der Waals surface area contributed by atoms with E-state index in [9.17, 15) is 5.11 Å².